The van der Waals surface area contributed by atoms with Crippen LogP contribution in [0.5, 0.6) is 17.2 Å². The van der Waals surface area contributed by atoms with Gasteiger partial charge < -0.3 is 14.2 Å². The smallest absolute Gasteiger partial charge is 0.283 e. The molecule has 8 nitrogen and oxygen atoms in total. The monoisotopic (exact) mass is 542 g/mol. The summed E-state index contributed by atoms with van der Waals surface area (Å²) in [7, 11) is 1.55. The molecule has 1 N–H and O–H groups in total. The fourth-order valence-corrected chi connectivity index (χ4v) is 4.50. The summed E-state index contributed by atoms with van der Waals surface area (Å²) >= 11 is 4.73. The second-order valence-corrected chi connectivity index (χ2v) is 9.28. The molecular weight excluding hydrogens is 520 g/mol. The molecule has 0 unspecified atom stereocenters. The maximum atomic E-state index is 12.6. The zero-order valence-electron chi connectivity index (χ0n) is 18.7. The van der Waals surface area contributed by atoms with E-state index in [-0.39, 0.29) is 11.4 Å². The number of amides is 1. The van der Waals surface area contributed by atoms with Gasteiger partial charge in [-0.2, -0.15) is 15.1 Å². The van der Waals surface area contributed by atoms with Gasteiger partial charge in [-0.25, -0.2) is 0 Å². The normalized spacial score (nSPS) is 16.3. The van der Waals surface area contributed by atoms with Crippen LogP contribution in [0.3, 0.4) is 0 Å². The third-order valence-corrected chi connectivity index (χ3v) is 6.38. The van der Waals surface area contributed by atoms with Gasteiger partial charge in [0.25, 0.3) is 5.91 Å². The van der Waals surface area contributed by atoms with E-state index < -0.39 is 5.91 Å². The number of hydrogen-bond donors (Lipinski definition) is 1. The fourth-order valence-electron chi connectivity index (χ4n) is 3.25. The molecule has 0 saturated carbocycles. The molecule has 2 aromatic rings. The average Bonchev–Trinajstić information content (AvgIpc) is 3.24. The summed E-state index contributed by atoms with van der Waals surface area (Å²) in [6, 6.07) is 12.9. The van der Waals surface area contributed by atoms with E-state index in [1.165, 1.54) is 16.8 Å². The number of nitrogens with zero attached hydrogens (tertiary/aromatic N) is 3. The molecular formula is C24H23BrN4O4S. The van der Waals surface area contributed by atoms with Gasteiger partial charge in [0.1, 0.15) is 24.0 Å². The first-order valence-electron chi connectivity index (χ1n) is 10.7. The Hall–Kier alpha value is -3.11. The Morgan fingerprint density at radius 1 is 1.12 bits per heavy atom. The fraction of sp³-hybridized carbons (Fsp3) is 0.250. The zero-order valence-corrected chi connectivity index (χ0v) is 21.1. The molecule has 10 heteroatoms. The van der Waals surface area contributed by atoms with Crippen molar-refractivity contribution in [2.75, 3.05) is 20.3 Å². The molecule has 0 aliphatic carbocycles. The molecule has 0 fully saturated rings. The number of hydrogen-bond acceptors (Lipinski definition) is 7. The minimum atomic E-state index is -0.457. The lowest BCUT2D eigenvalue weighted by Crippen LogP contribution is -2.35. The first kappa shape index (κ1) is 24.0. The van der Waals surface area contributed by atoms with Crippen molar-refractivity contribution in [1.82, 2.24) is 5.01 Å². The Morgan fingerprint density at radius 2 is 1.88 bits per heavy atom. The number of nitrogens with one attached hydrogen (secondary N) is 1. The molecule has 2 aromatic carbocycles. The standard InChI is InChI=1S/C24H23BrN4O4S/c1-3-4-21-28-29-22(26)18(23(30)27-24(29)34-21)13-15-5-10-19(20(14-15)31-2)33-12-11-32-17-8-6-16(25)7-9-17/h5-10,13-14,26H,3-4,11-12H2,1-2H3. The highest BCUT2D eigenvalue weighted by Gasteiger charge is 2.35. The number of carbonyl (C=O) groups excluding carboxylic acids is 1. The van der Waals surface area contributed by atoms with E-state index in [0.717, 1.165) is 28.1 Å². The van der Waals surface area contributed by atoms with Crippen LogP contribution in [0, 0.1) is 5.41 Å². The predicted octanol–water partition coefficient (Wildman–Crippen LogP) is 5.33. The minimum Gasteiger partial charge on any atom is -0.493 e. The minimum absolute atomic E-state index is 0.0120. The van der Waals surface area contributed by atoms with Crippen LogP contribution >= 0.6 is 27.7 Å². The summed E-state index contributed by atoms with van der Waals surface area (Å²) in [5.41, 5.74) is 0.858. The van der Waals surface area contributed by atoms with Gasteiger partial charge in [0.05, 0.1) is 12.7 Å². The van der Waals surface area contributed by atoms with E-state index in [2.05, 4.69) is 32.9 Å². The van der Waals surface area contributed by atoms with Crippen LogP contribution in [-0.2, 0) is 4.79 Å². The molecule has 176 valence electrons. The highest BCUT2D eigenvalue weighted by molar-refractivity contribution is 9.10. The number of rotatable bonds is 9. The summed E-state index contributed by atoms with van der Waals surface area (Å²) < 4.78 is 17.9. The van der Waals surface area contributed by atoms with Crippen LogP contribution in [0.25, 0.3) is 6.08 Å². The Morgan fingerprint density at radius 3 is 2.62 bits per heavy atom. The van der Waals surface area contributed by atoms with Gasteiger partial charge in [0.15, 0.2) is 17.3 Å². The van der Waals surface area contributed by atoms with Gasteiger partial charge in [-0.15, -0.1) is 0 Å². The molecule has 2 aliphatic heterocycles. The molecule has 1 amide bonds. The largest absolute Gasteiger partial charge is 0.493 e. The molecule has 0 spiro atoms. The maximum Gasteiger partial charge on any atom is 0.283 e. The number of ether oxygens (including phenoxy) is 3. The predicted molar refractivity (Wildman–Crippen MR) is 138 cm³/mol. The Bertz CT molecular complexity index is 1190. The quantitative estimate of drug-likeness (QED) is 0.339. The van der Waals surface area contributed by atoms with Crippen LogP contribution in [0.1, 0.15) is 25.3 Å². The number of benzene rings is 2. The molecule has 0 saturated heterocycles. The summed E-state index contributed by atoms with van der Waals surface area (Å²) in [5, 5.41) is 15.6. The van der Waals surface area contributed by atoms with Gasteiger partial charge in [0, 0.05) is 4.47 Å². The van der Waals surface area contributed by atoms with Crippen molar-refractivity contribution < 1.29 is 19.0 Å². The van der Waals surface area contributed by atoms with Gasteiger partial charge in [-0.05, 0) is 72.6 Å². The second-order valence-electron chi connectivity index (χ2n) is 7.32. The van der Waals surface area contributed by atoms with Gasteiger partial charge in [-0.1, -0.05) is 28.9 Å². The van der Waals surface area contributed by atoms with E-state index in [0.29, 0.717) is 35.4 Å². The number of carbonyl (C=O) groups is 1. The summed E-state index contributed by atoms with van der Waals surface area (Å²) in [6.45, 7) is 2.76. The summed E-state index contributed by atoms with van der Waals surface area (Å²) in [4.78, 5) is 16.7. The van der Waals surface area contributed by atoms with Crippen LogP contribution in [0.15, 0.2) is 62.6 Å². The van der Waals surface area contributed by atoms with E-state index in [9.17, 15) is 4.79 Å². The number of amidine groups is 2. The van der Waals surface area contributed by atoms with Crippen LogP contribution in [0.4, 0.5) is 0 Å². The molecule has 0 aromatic heterocycles. The first-order chi connectivity index (χ1) is 16.5. The van der Waals surface area contributed by atoms with Crippen molar-refractivity contribution >= 4 is 55.7 Å². The summed E-state index contributed by atoms with van der Waals surface area (Å²) in [6.07, 6.45) is 3.33. The average molecular weight is 543 g/mol. The van der Waals surface area contributed by atoms with Crippen molar-refractivity contribution in [3.05, 3.63) is 58.1 Å². The lowest BCUT2D eigenvalue weighted by molar-refractivity contribution is -0.114. The summed E-state index contributed by atoms with van der Waals surface area (Å²) in [5.74, 6) is 1.38. The SMILES string of the molecule is CCCC1=NN2C(=N)C(=Cc3ccc(OCCOc4ccc(Br)cc4)c(OC)c3)C(=O)N=C2S1. The zero-order chi connectivity index (χ0) is 24.1. The van der Waals surface area contributed by atoms with E-state index in [1.807, 2.05) is 24.3 Å². The third-order valence-electron chi connectivity index (χ3n) is 4.88. The number of halogens is 1. The van der Waals surface area contributed by atoms with Crippen LogP contribution in [-0.4, -0.2) is 47.3 Å². The number of fused-ring (bicyclic) bond motifs is 1. The number of hydrazone groups is 1. The number of methoxy groups -OCH3 is 1. The van der Waals surface area contributed by atoms with Crippen LogP contribution in [0.2, 0.25) is 0 Å². The molecule has 34 heavy (non-hydrogen) atoms. The molecule has 0 atom stereocenters. The lowest BCUT2D eigenvalue weighted by Gasteiger charge is -2.20. The van der Waals surface area contributed by atoms with Crippen molar-refractivity contribution in [1.29, 1.82) is 5.41 Å². The highest BCUT2D eigenvalue weighted by Crippen LogP contribution is 2.32. The Balaban J connectivity index is 1.43. The van der Waals surface area contributed by atoms with Gasteiger partial charge >= 0.3 is 0 Å². The van der Waals surface area contributed by atoms with Gasteiger partial charge in [0.2, 0.25) is 5.17 Å². The Kier molecular flexibility index (Phi) is 7.69. The Labute approximate surface area is 210 Å². The third kappa shape index (κ3) is 5.51. The lowest BCUT2D eigenvalue weighted by atomic mass is 10.1. The molecule has 2 aliphatic rings. The van der Waals surface area contributed by atoms with Gasteiger partial charge in [-0.3, -0.25) is 10.2 Å². The molecule has 0 bridgehead atoms. The number of aliphatic imine (C=N–C) groups is 1. The van der Waals surface area contributed by atoms with Crippen molar-refractivity contribution in [3.8, 4) is 17.2 Å². The molecule has 4 rings (SSSR count). The van der Waals surface area contributed by atoms with Crippen molar-refractivity contribution in [2.45, 2.75) is 19.8 Å². The topological polar surface area (TPSA) is 96.6 Å². The van der Waals surface area contributed by atoms with E-state index in [1.54, 1.807) is 31.4 Å². The molecule has 2 heterocycles. The maximum absolute atomic E-state index is 12.6. The molecule has 0 radical (unpaired) electrons. The van der Waals surface area contributed by atoms with Crippen molar-refractivity contribution in [3.63, 3.8) is 0 Å². The second kappa shape index (κ2) is 10.9. The highest BCUT2D eigenvalue weighted by atomic mass is 79.9. The van der Waals surface area contributed by atoms with E-state index >= 15 is 0 Å². The van der Waals surface area contributed by atoms with E-state index in [4.69, 9.17) is 19.6 Å². The first-order valence-corrected chi connectivity index (χ1v) is 12.3. The van der Waals surface area contributed by atoms with Crippen LogP contribution < -0.4 is 14.2 Å². The van der Waals surface area contributed by atoms with Crippen molar-refractivity contribution in [2.24, 2.45) is 10.1 Å². The number of thioether (sulfide) groups is 1.